The van der Waals surface area contributed by atoms with E-state index in [0.717, 1.165) is 22.8 Å². The van der Waals surface area contributed by atoms with E-state index >= 15 is 0 Å². The van der Waals surface area contributed by atoms with Crippen LogP contribution in [0.3, 0.4) is 0 Å². The van der Waals surface area contributed by atoms with E-state index in [1.54, 1.807) is 0 Å². The maximum absolute atomic E-state index is 6.00. The number of benzene rings is 2. The molecule has 0 saturated heterocycles. The van der Waals surface area contributed by atoms with E-state index in [0.29, 0.717) is 6.54 Å². The zero-order valence-electron chi connectivity index (χ0n) is 11.4. The number of rotatable bonds is 4. The van der Waals surface area contributed by atoms with E-state index in [4.69, 9.17) is 17.3 Å². The molecule has 0 saturated carbocycles. The molecule has 2 N–H and O–H groups in total. The van der Waals surface area contributed by atoms with Gasteiger partial charge < -0.3 is 10.6 Å². The first kappa shape index (κ1) is 13.9. The molecular formula is C16H19ClN2. The highest BCUT2D eigenvalue weighted by Crippen LogP contribution is 2.24. The van der Waals surface area contributed by atoms with Gasteiger partial charge in [-0.25, -0.2) is 0 Å². The van der Waals surface area contributed by atoms with Crippen molar-refractivity contribution < 1.29 is 0 Å². The second kappa shape index (κ2) is 6.09. The predicted molar refractivity (Wildman–Crippen MR) is 82.6 cm³/mol. The summed E-state index contributed by atoms with van der Waals surface area (Å²) in [5.74, 6) is 0. The topological polar surface area (TPSA) is 29.3 Å². The molecule has 0 unspecified atom stereocenters. The summed E-state index contributed by atoms with van der Waals surface area (Å²) in [6, 6.07) is 14.4. The molecule has 0 aliphatic carbocycles. The standard InChI is InChI=1S/C16H19ClN2/c1-12-3-5-13(6-4-12)11-19(2)16-8-7-15(17)9-14(16)10-18/h3-9H,10-11,18H2,1-2H3. The molecular weight excluding hydrogens is 256 g/mol. The maximum atomic E-state index is 6.00. The van der Waals surface area contributed by atoms with Crippen LogP contribution >= 0.6 is 11.6 Å². The molecule has 0 atom stereocenters. The van der Waals surface area contributed by atoms with Gasteiger partial charge >= 0.3 is 0 Å². The van der Waals surface area contributed by atoms with Crippen molar-refractivity contribution in [1.82, 2.24) is 0 Å². The van der Waals surface area contributed by atoms with Gasteiger partial charge in [0.1, 0.15) is 0 Å². The fraction of sp³-hybridized carbons (Fsp3) is 0.250. The molecule has 0 aliphatic rings. The molecule has 2 aromatic rings. The first-order valence-corrected chi connectivity index (χ1v) is 6.73. The fourth-order valence-electron chi connectivity index (χ4n) is 2.14. The lowest BCUT2D eigenvalue weighted by Gasteiger charge is -2.22. The molecule has 19 heavy (non-hydrogen) atoms. The van der Waals surface area contributed by atoms with Crippen molar-refractivity contribution in [1.29, 1.82) is 0 Å². The smallest absolute Gasteiger partial charge is 0.0426 e. The van der Waals surface area contributed by atoms with Crippen molar-refractivity contribution >= 4 is 17.3 Å². The summed E-state index contributed by atoms with van der Waals surface area (Å²) in [4.78, 5) is 2.20. The summed E-state index contributed by atoms with van der Waals surface area (Å²) in [5, 5.41) is 0.730. The lowest BCUT2D eigenvalue weighted by Crippen LogP contribution is -2.18. The Balaban J connectivity index is 2.19. The van der Waals surface area contributed by atoms with Crippen LogP contribution in [0, 0.1) is 6.92 Å². The molecule has 2 rings (SSSR count). The van der Waals surface area contributed by atoms with Gasteiger partial charge in [-0.05, 0) is 36.2 Å². The summed E-state index contributed by atoms with van der Waals surface area (Å²) in [6.45, 7) is 3.45. The monoisotopic (exact) mass is 274 g/mol. The molecule has 0 radical (unpaired) electrons. The van der Waals surface area contributed by atoms with Gasteiger partial charge in [0.15, 0.2) is 0 Å². The summed E-state index contributed by atoms with van der Waals surface area (Å²) < 4.78 is 0. The van der Waals surface area contributed by atoms with Crippen molar-refractivity contribution in [2.75, 3.05) is 11.9 Å². The third-order valence-electron chi connectivity index (χ3n) is 3.21. The lowest BCUT2D eigenvalue weighted by molar-refractivity contribution is 0.903. The van der Waals surface area contributed by atoms with Gasteiger partial charge in [0.25, 0.3) is 0 Å². The Morgan fingerprint density at radius 1 is 1.11 bits per heavy atom. The van der Waals surface area contributed by atoms with Crippen LogP contribution in [0.4, 0.5) is 5.69 Å². The number of anilines is 1. The van der Waals surface area contributed by atoms with Gasteiger partial charge in [0.2, 0.25) is 0 Å². The normalized spacial score (nSPS) is 10.5. The third-order valence-corrected chi connectivity index (χ3v) is 3.45. The number of aryl methyl sites for hydroxylation is 1. The zero-order valence-corrected chi connectivity index (χ0v) is 12.1. The molecule has 0 amide bonds. The SMILES string of the molecule is Cc1ccc(CN(C)c2ccc(Cl)cc2CN)cc1. The molecule has 3 heteroatoms. The van der Waals surface area contributed by atoms with Crippen LogP contribution in [-0.2, 0) is 13.1 Å². The van der Waals surface area contributed by atoms with Crippen LogP contribution in [-0.4, -0.2) is 7.05 Å². The first-order valence-electron chi connectivity index (χ1n) is 6.35. The average molecular weight is 275 g/mol. The van der Waals surface area contributed by atoms with E-state index in [9.17, 15) is 0 Å². The summed E-state index contributed by atoms with van der Waals surface area (Å²) in [6.07, 6.45) is 0. The Hall–Kier alpha value is -1.51. The predicted octanol–water partition coefficient (Wildman–Crippen LogP) is 3.74. The quantitative estimate of drug-likeness (QED) is 0.920. The van der Waals surface area contributed by atoms with Crippen LogP contribution in [0.5, 0.6) is 0 Å². The van der Waals surface area contributed by atoms with Crippen molar-refractivity contribution in [3.63, 3.8) is 0 Å². The van der Waals surface area contributed by atoms with E-state index in [1.807, 2.05) is 18.2 Å². The number of hydrogen-bond acceptors (Lipinski definition) is 2. The minimum atomic E-state index is 0.494. The zero-order chi connectivity index (χ0) is 13.8. The van der Waals surface area contributed by atoms with E-state index in [2.05, 4.69) is 43.1 Å². The molecule has 0 spiro atoms. The van der Waals surface area contributed by atoms with Gasteiger partial charge in [-0.1, -0.05) is 41.4 Å². The molecule has 0 aliphatic heterocycles. The maximum Gasteiger partial charge on any atom is 0.0426 e. The first-order chi connectivity index (χ1) is 9.10. The fourth-order valence-corrected chi connectivity index (χ4v) is 2.34. The summed E-state index contributed by atoms with van der Waals surface area (Å²) in [5.41, 5.74) is 10.6. The highest BCUT2D eigenvalue weighted by Gasteiger charge is 2.07. The molecule has 0 bridgehead atoms. The minimum absolute atomic E-state index is 0.494. The Morgan fingerprint density at radius 3 is 2.42 bits per heavy atom. The Morgan fingerprint density at radius 2 is 1.79 bits per heavy atom. The van der Waals surface area contributed by atoms with Gasteiger partial charge in [0.05, 0.1) is 0 Å². The summed E-state index contributed by atoms with van der Waals surface area (Å²) in [7, 11) is 2.07. The van der Waals surface area contributed by atoms with Crippen molar-refractivity contribution in [2.45, 2.75) is 20.0 Å². The van der Waals surface area contributed by atoms with Crippen LogP contribution in [0.15, 0.2) is 42.5 Å². The van der Waals surface area contributed by atoms with Crippen LogP contribution < -0.4 is 10.6 Å². The molecule has 0 heterocycles. The third kappa shape index (κ3) is 3.49. The second-order valence-corrected chi connectivity index (χ2v) is 5.26. The van der Waals surface area contributed by atoms with Crippen molar-refractivity contribution in [3.05, 3.63) is 64.2 Å². The minimum Gasteiger partial charge on any atom is -0.370 e. The highest BCUT2D eigenvalue weighted by atomic mass is 35.5. The Labute approximate surface area is 119 Å². The van der Waals surface area contributed by atoms with Gasteiger partial charge in [-0.2, -0.15) is 0 Å². The van der Waals surface area contributed by atoms with Crippen LogP contribution in [0.1, 0.15) is 16.7 Å². The van der Waals surface area contributed by atoms with E-state index in [-0.39, 0.29) is 0 Å². The highest BCUT2D eigenvalue weighted by molar-refractivity contribution is 6.30. The molecule has 2 aromatic carbocycles. The molecule has 100 valence electrons. The van der Waals surface area contributed by atoms with Crippen LogP contribution in [0.2, 0.25) is 5.02 Å². The number of nitrogens with zero attached hydrogens (tertiary/aromatic N) is 1. The summed E-state index contributed by atoms with van der Waals surface area (Å²) >= 11 is 6.00. The Bertz CT molecular complexity index is 549. The van der Waals surface area contributed by atoms with Crippen molar-refractivity contribution in [3.8, 4) is 0 Å². The van der Waals surface area contributed by atoms with Gasteiger partial charge in [-0.15, -0.1) is 0 Å². The van der Waals surface area contributed by atoms with Crippen molar-refractivity contribution in [2.24, 2.45) is 5.73 Å². The number of nitrogens with two attached hydrogens (primary N) is 1. The largest absolute Gasteiger partial charge is 0.370 e. The molecule has 2 nitrogen and oxygen atoms in total. The second-order valence-electron chi connectivity index (χ2n) is 4.82. The van der Waals surface area contributed by atoms with E-state index < -0.39 is 0 Å². The average Bonchev–Trinajstić information content (AvgIpc) is 2.41. The lowest BCUT2D eigenvalue weighted by atomic mass is 10.1. The Kier molecular flexibility index (Phi) is 4.46. The van der Waals surface area contributed by atoms with Crippen LogP contribution in [0.25, 0.3) is 0 Å². The molecule has 0 aromatic heterocycles. The van der Waals surface area contributed by atoms with Gasteiger partial charge in [-0.3, -0.25) is 0 Å². The van der Waals surface area contributed by atoms with E-state index in [1.165, 1.54) is 11.1 Å². The number of halogens is 1. The molecule has 0 fully saturated rings. The van der Waals surface area contributed by atoms with Gasteiger partial charge in [0, 0.05) is 30.8 Å². The number of hydrogen-bond donors (Lipinski definition) is 1.